The van der Waals surface area contributed by atoms with Crippen LogP contribution >= 0.6 is 0 Å². The smallest absolute Gasteiger partial charge is 0.227 e. The van der Waals surface area contributed by atoms with Crippen molar-refractivity contribution in [3.05, 3.63) is 81.2 Å². The van der Waals surface area contributed by atoms with Crippen molar-refractivity contribution in [1.29, 1.82) is 0 Å². The van der Waals surface area contributed by atoms with Crippen LogP contribution in [0.2, 0.25) is 0 Å². The quantitative estimate of drug-likeness (QED) is 0.181. The van der Waals surface area contributed by atoms with Crippen molar-refractivity contribution in [3.63, 3.8) is 0 Å². The van der Waals surface area contributed by atoms with Gasteiger partial charge in [0, 0.05) is 43.7 Å². The number of nitrogens with one attached hydrogen (secondary N) is 1. The number of aliphatic imine (C=N–C) groups is 2. The Balaban J connectivity index is 1.17. The topological polar surface area (TPSA) is 162 Å². The molecule has 1 unspecified atom stereocenters. The SMILES string of the molecule is CCC[C@H](O)C[C@@H](O)CC(=O)CCc1ccc(O)c(OC[NH+]2C=C3N=CC(Cc4c(CO)ccc5c4CC=N[C@H]5N)=C3C2)c1. The first-order chi connectivity index (χ1) is 21.2. The number of quaternary nitrogens is 1. The van der Waals surface area contributed by atoms with Crippen molar-refractivity contribution in [2.75, 3.05) is 13.3 Å². The van der Waals surface area contributed by atoms with Gasteiger partial charge in [-0.05, 0) is 64.8 Å². The number of rotatable bonds is 15. The maximum absolute atomic E-state index is 12.4. The summed E-state index contributed by atoms with van der Waals surface area (Å²) < 4.78 is 6.02. The molecule has 0 saturated carbocycles. The average Bonchev–Trinajstić information content (AvgIpc) is 3.57. The molecule has 234 valence electrons. The Morgan fingerprint density at radius 1 is 1.20 bits per heavy atom. The molecular weight excluding hydrogens is 560 g/mol. The Labute approximate surface area is 257 Å². The number of fused-ring (bicyclic) bond motifs is 2. The van der Waals surface area contributed by atoms with Crippen LogP contribution in [0.1, 0.15) is 73.0 Å². The second kappa shape index (κ2) is 14.4. The van der Waals surface area contributed by atoms with Crippen molar-refractivity contribution >= 4 is 18.2 Å². The molecule has 5 rings (SSSR count). The molecule has 0 saturated heterocycles. The number of carbonyl (C=O) groups excluding carboxylic acids is 1. The Morgan fingerprint density at radius 3 is 2.84 bits per heavy atom. The number of phenolic OH excluding ortho intramolecular Hbond substituents is 1. The fourth-order valence-electron chi connectivity index (χ4n) is 6.18. The van der Waals surface area contributed by atoms with Gasteiger partial charge in [-0.25, -0.2) is 0 Å². The van der Waals surface area contributed by atoms with E-state index in [9.17, 15) is 25.2 Å². The highest BCUT2D eigenvalue weighted by Crippen LogP contribution is 2.32. The van der Waals surface area contributed by atoms with Gasteiger partial charge in [0.15, 0.2) is 11.5 Å². The van der Waals surface area contributed by atoms with Gasteiger partial charge in [-0.3, -0.25) is 19.7 Å². The van der Waals surface area contributed by atoms with E-state index in [0.717, 1.165) is 56.0 Å². The summed E-state index contributed by atoms with van der Waals surface area (Å²) in [5.41, 5.74) is 14.3. The van der Waals surface area contributed by atoms with Gasteiger partial charge in [0.1, 0.15) is 30.4 Å². The van der Waals surface area contributed by atoms with Gasteiger partial charge >= 0.3 is 0 Å². The summed E-state index contributed by atoms with van der Waals surface area (Å²) in [5, 5.41) is 40.5. The number of phenols is 1. The lowest BCUT2D eigenvalue weighted by molar-refractivity contribution is -0.855. The van der Waals surface area contributed by atoms with Gasteiger partial charge in [0.2, 0.25) is 6.73 Å². The lowest BCUT2D eigenvalue weighted by Crippen LogP contribution is -3.07. The third-order valence-electron chi connectivity index (χ3n) is 8.54. The molecule has 3 aliphatic heterocycles. The normalized spacial score (nSPS) is 20.0. The summed E-state index contributed by atoms with van der Waals surface area (Å²) in [6.07, 6.45) is 7.64. The first kappa shape index (κ1) is 31.7. The molecule has 10 nitrogen and oxygen atoms in total. The fraction of sp³-hybridized carbons (Fsp3) is 0.441. The molecule has 0 spiro atoms. The molecule has 10 heteroatoms. The molecule has 2 aromatic carbocycles. The summed E-state index contributed by atoms with van der Waals surface area (Å²) in [7, 11) is 0. The summed E-state index contributed by atoms with van der Waals surface area (Å²) >= 11 is 0. The lowest BCUT2D eigenvalue weighted by Gasteiger charge is -2.22. The van der Waals surface area contributed by atoms with Crippen LogP contribution < -0.4 is 15.4 Å². The van der Waals surface area contributed by atoms with Crippen LogP contribution in [-0.2, 0) is 30.7 Å². The number of allylic oxidation sites excluding steroid dienone is 1. The Morgan fingerprint density at radius 2 is 2.05 bits per heavy atom. The van der Waals surface area contributed by atoms with E-state index >= 15 is 0 Å². The molecule has 0 aliphatic carbocycles. The number of aromatic hydroxyl groups is 1. The number of aliphatic hydroxyl groups is 3. The lowest BCUT2D eigenvalue weighted by atomic mass is 9.87. The number of nitrogens with two attached hydrogens (primary N) is 1. The van der Waals surface area contributed by atoms with Crippen LogP contribution in [0.25, 0.3) is 0 Å². The predicted octanol–water partition coefficient (Wildman–Crippen LogP) is 1.97. The molecule has 7 N–H and O–H groups in total. The molecule has 2 aromatic rings. The zero-order valence-electron chi connectivity index (χ0n) is 25.2. The van der Waals surface area contributed by atoms with Crippen LogP contribution in [0, 0.1) is 0 Å². The summed E-state index contributed by atoms with van der Waals surface area (Å²) in [4.78, 5) is 22.4. The monoisotopic (exact) mass is 603 g/mol. The molecule has 0 fully saturated rings. The van der Waals surface area contributed by atoms with Crippen molar-refractivity contribution < 1.29 is 34.9 Å². The highest BCUT2D eigenvalue weighted by atomic mass is 16.5. The minimum atomic E-state index is -0.845. The molecule has 0 amide bonds. The Bertz CT molecular complexity index is 1500. The number of carbonyl (C=O) groups is 1. The fourth-order valence-corrected chi connectivity index (χ4v) is 6.18. The molecular formula is C34H43N4O6+. The van der Waals surface area contributed by atoms with E-state index in [0.29, 0.717) is 38.0 Å². The molecule has 44 heavy (non-hydrogen) atoms. The van der Waals surface area contributed by atoms with Gasteiger partial charge in [0.25, 0.3) is 0 Å². The minimum absolute atomic E-state index is 0.0192. The number of ether oxygens (including phenoxy) is 1. The van der Waals surface area contributed by atoms with E-state index in [2.05, 4.69) is 9.98 Å². The van der Waals surface area contributed by atoms with Gasteiger partial charge in [-0.15, -0.1) is 0 Å². The summed E-state index contributed by atoms with van der Waals surface area (Å²) in [6, 6.07) is 8.98. The summed E-state index contributed by atoms with van der Waals surface area (Å²) in [5.74, 6) is 0.302. The second-order valence-electron chi connectivity index (χ2n) is 11.9. The molecule has 0 radical (unpaired) electrons. The number of aliphatic hydroxyl groups excluding tert-OH is 3. The van der Waals surface area contributed by atoms with Crippen molar-refractivity contribution in [1.82, 2.24) is 0 Å². The van der Waals surface area contributed by atoms with Gasteiger partial charge in [-0.2, -0.15) is 0 Å². The first-order valence-electron chi connectivity index (χ1n) is 15.4. The number of Topliss-reactive ketones (excluding diaryl/α,β-unsaturated/α-hetero) is 1. The number of ketones is 1. The van der Waals surface area contributed by atoms with Crippen LogP contribution in [0.5, 0.6) is 11.5 Å². The Hall–Kier alpha value is -3.67. The molecule has 0 aromatic heterocycles. The first-order valence-corrected chi connectivity index (χ1v) is 15.4. The van der Waals surface area contributed by atoms with Crippen LogP contribution in [0.4, 0.5) is 0 Å². The Kier molecular flexibility index (Phi) is 10.4. The molecule has 0 bridgehead atoms. The molecule has 3 aliphatic rings. The van der Waals surface area contributed by atoms with E-state index in [4.69, 9.17) is 10.5 Å². The van der Waals surface area contributed by atoms with Crippen molar-refractivity contribution in [3.8, 4) is 11.5 Å². The zero-order valence-corrected chi connectivity index (χ0v) is 25.2. The molecule has 3 heterocycles. The third-order valence-corrected chi connectivity index (χ3v) is 8.54. The minimum Gasteiger partial charge on any atom is -0.504 e. The standard InChI is InChI=1S/C34H42N4O6/c1-2-3-24(40)14-26(42)15-25(41)7-4-21-5-9-32(43)33(12-21)44-20-38-17-30-23(16-37-31(30)18-38)13-29-22(19-39)6-8-28-27(29)10-11-36-34(28)35/h5-6,8-9,11-12,16,18,24,26,34,39-40,42-43H,2-4,7,10,13-15,17,19-20,35H2,1H3/p+1/t24-,26+,34+/m0/s1. The summed E-state index contributed by atoms with van der Waals surface area (Å²) in [6.45, 7) is 2.88. The van der Waals surface area contributed by atoms with Gasteiger partial charge < -0.3 is 30.9 Å². The third kappa shape index (κ3) is 7.51. The van der Waals surface area contributed by atoms with E-state index in [1.807, 2.05) is 37.7 Å². The van der Waals surface area contributed by atoms with Crippen LogP contribution in [0.3, 0.4) is 0 Å². The maximum atomic E-state index is 12.4. The number of hydrogen-bond acceptors (Lipinski definition) is 9. The zero-order chi connectivity index (χ0) is 31.2. The predicted molar refractivity (Wildman–Crippen MR) is 168 cm³/mol. The van der Waals surface area contributed by atoms with Gasteiger partial charge in [0.05, 0.1) is 18.8 Å². The van der Waals surface area contributed by atoms with Crippen LogP contribution in [-0.4, -0.2) is 64.1 Å². The van der Waals surface area contributed by atoms with Crippen molar-refractivity contribution in [2.45, 2.75) is 83.3 Å². The van der Waals surface area contributed by atoms with E-state index < -0.39 is 18.4 Å². The second-order valence-corrected chi connectivity index (χ2v) is 11.9. The maximum Gasteiger partial charge on any atom is 0.227 e. The van der Waals surface area contributed by atoms with Gasteiger partial charge in [-0.1, -0.05) is 31.5 Å². The van der Waals surface area contributed by atoms with Crippen LogP contribution in [0.15, 0.2) is 63.4 Å². The van der Waals surface area contributed by atoms with E-state index in [-0.39, 0.29) is 44.1 Å². The average molecular weight is 604 g/mol. The molecule has 4 atom stereocenters. The van der Waals surface area contributed by atoms with E-state index in [1.165, 1.54) is 0 Å². The number of benzene rings is 2. The number of aryl methyl sites for hydroxylation is 1. The number of hydrogen-bond donors (Lipinski definition) is 6. The highest BCUT2D eigenvalue weighted by molar-refractivity contribution is 5.87. The largest absolute Gasteiger partial charge is 0.504 e. The highest BCUT2D eigenvalue weighted by Gasteiger charge is 2.30. The van der Waals surface area contributed by atoms with E-state index in [1.54, 1.807) is 18.2 Å². The number of nitrogens with zero attached hydrogens (tertiary/aromatic N) is 2. The van der Waals surface area contributed by atoms with Crippen molar-refractivity contribution in [2.24, 2.45) is 15.7 Å².